The van der Waals surface area contributed by atoms with E-state index in [-0.39, 0.29) is 12.5 Å². The molecule has 0 spiro atoms. The van der Waals surface area contributed by atoms with E-state index in [1.807, 2.05) is 6.92 Å². The molecule has 2 amide bonds. The van der Waals surface area contributed by atoms with Gasteiger partial charge in [-0.3, -0.25) is 4.79 Å². The first kappa shape index (κ1) is 13.4. The molecule has 0 aliphatic rings. The Bertz CT molecular complexity index is 405. The lowest BCUT2D eigenvalue weighted by Gasteiger charge is -2.11. The number of nitrogens with one attached hydrogen (secondary N) is 2. The summed E-state index contributed by atoms with van der Waals surface area (Å²) in [5, 5.41) is 14.7. The second kappa shape index (κ2) is 6.19. The lowest BCUT2D eigenvalue weighted by Crippen LogP contribution is -2.41. The first-order valence-electron chi connectivity index (χ1n) is 5.15. The SMILES string of the molecule is Cc1ncc(CNC(=O)NC(C)CC(=O)O)s1. The predicted octanol–water partition coefficient (Wildman–Crippen LogP) is 1.11. The van der Waals surface area contributed by atoms with Crippen molar-refractivity contribution in [2.45, 2.75) is 32.9 Å². The van der Waals surface area contributed by atoms with Crippen LogP contribution >= 0.6 is 11.3 Å². The fourth-order valence-corrected chi connectivity index (χ4v) is 1.98. The van der Waals surface area contributed by atoms with Crippen LogP contribution in [0.25, 0.3) is 0 Å². The first-order valence-corrected chi connectivity index (χ1v) is 5.96. The molecule has 17 heavy (non-hydrogen) atoms. The predicted molar refractivity (Wildman–Crippen MR) is 63.9 cm³/mol. The van der Waals surface area contributed by atoms with E-state index in [2.05, 4.69) is 15.6 Å². The highest BCUT2D eigenvalue weighted by Gasteiger charge is 2.10. The number of carbonyl (C=O) groups excluding carboxylic acids is 1. The third-order valence-electron chi connectivity index (χ3n) is 1.95. The molecular formula is C10H15N3O3S. The van der Waals surface area contributed by atoms with Gasteiger partial charge in [0.05, 0.1) is 18.0 Å². The minimum atomic E-state index is -0.934. The van der Waals surface area contributed by atoms with Gasteiger partial charge in [-0.1, -0.05) is 0 Å². The fraction of sp³-hybridized carbons (Fsp3) is 0.500. The topological polar surface area (TPSA) is 91.3 Å². The normalized spacial score (nSPS) is 11.9. The van der Waals surface area contributed by atoms with E-state index < -0.39 is 12.0 Å². The van der Waals surface area contributed by atoms with E-state index >= 15 is 0 Å². The highest BCUT2D eigenvalue weighted by molar-refractivity contribution is 7.11. The Morgan fingerprint density at radius 1 is 1.59 bits per heavy atom. The van der Waals surface area contributed by atoms with Crippen LogP contribution in [0.4, 0.5) is 4.79 Å². The van der Waals surface area contributed by atoms with Crippen molar-refractivity contribution < 1.29 is 14.7 Å². The number of carboxylic acids is 1. The fourth-order valence-electron chi connectivity index (χ4n) is 1.24. The van der Waals surface area contributed by atoms with E-state index in [4.69, 9.17) is 5.11 Å². The van der Waals surface area contributed by atoms with Crippen LogP contribution in [0.15, 0.2) is 6.20 Å². The Labute approximate surface area is 103 Å². The zero-order chi connectivity index (χ0) is 12.8. The number of hydrogen-bond donors (Lipinski definition) is 3. The minimum Gasteiger partial charge on any atom is -0.481 e. The van der Waals surface area contributed by atoms with Gasteiger partial charge >= 0.3 is 12.0 Å². The van der Waals surface area contributed by atoms with Gasteiger partial charge < -0.3 is 15.7 Å². The molecule has 7 heteroatoms. The average molecular weight is 257 g/mol. The molecule has 0 fully saturated rings. The molecule has 0 aromatic carbocycles. The van der Waals surface area contributed by atoms with Crippen molar-refractivity contribution in [3.63, 3.8) is 0 Å². The molecule has 0 aliphatic heterocycles. The maximum atomic E-state index is 11.4. The van der Waals surface area contributed by atoms with Crippen molar-refractivity contribution in [3.8, 4) is 0 Å². The minimum absolute atomic E-state index is 0.0902. The maximum absolute atomic E-state index is 11.4. The van der Waals surface area contributed by atoms with Gasteiger partial charge in [0.2, 0.25) is 0 Å². The largest absolute Gasteiger partial charge is 0.481 e. The first-order chi connectivity index (χ1) is 7.97. The third-order valence-corrected chi connectivity index (χ3v) is 2.86. The summed E-state index contributed by atoms with van der Waals surface area (Å²) in [7, 11) is 0. The van der Waals surface area contributed by atoms with Crippen LogP contribution in [0, 0.1) is 6.92 Å². The molecule has 1 atom stereocenters. The maximum Gasteiger partial charge on any atom is 0.315 e. The average Bonchev–Trinajstić information content (AvgIpc) is 2.59. The van der Waals surface area contributed by atoms with Crippen LogP contribution in [-0.4, -0.2) is 28.1 Å². The van der Waals surface area contributed by atoms with Gasteiger partial charge in [-0.05, 0) is 13.8 Å². The molecule has 0 radical (unpaired) electrons. The number of aryl methyl sites for hydroxylation is 1. The number of hydrogen-bond acceptors (Lipinski definition) is 4. The Balaban J connectivity index is 2.28. The van der Waals surface area contributed by atoms with E-state index in [0.717, 1.165) is 9.88 Å². The monoisotopic (exact) mass is 257 g/mol. The zero-order valence-electron chi connectivity index (χ0n) is 9.69. The Morgan fingerprint density at radius 2 is 2.29 bits per heavy atom. The Hall–Kier alpha value is -1.63. The number of aromatic nitrogens is 1. The number of amides is 2. The van der Waals surface area contributed by atoms with Gasteiger partial charge in [-0.15, -0.1) is 11.3 Å². The summed E-state index contributed by atoms with van der Waals surface area (Å²) in [6.45, 7) is 3.94. The van der Waals surface area contributed by atoms with Gasteiger partial charge in [0.15, 0.2) is 0 Å². The summed E-state index contributed by atoms with van der Waals surface area (Å²) >= 11 is 1.51. The van der Waals surface area contributed by atoms with Crippen LogP contribution in [0.3, 0.4) is 0 Å². The summed E-state index contributed by atoms with van der Waals surface area (Å²) in [5.41, 5.74) is 0. The van der Waals surface area contributed by atoms with Gasteiger partial charge in [-0.2, -0.15) is 0 Å². The summed E-state index contributed by atoms with van der Waals surface area (Å²) in [4.78, 5) is 26.8. The number of carbonyl (C=O) groups is 2. The molecule has 3 N–H and O–H groups in total. The van der Waals surface area contributed by atoms with Gasteiger partial charge in [0.1, 0.15) is 0 Å². The molecule has 94 valence electrons. The molecule has 0 aliphatic carbocycles. The van der Waals surface area contributed by atoms with Crippen molar-refractivity contribution in [1.82, 2.24) is 15.6 Å². The van der Waals surface area contributed by atoms with E-state index in [9.17, 15) is 9.59 Å². The van der Waals surface area contributed by atoms with Crippen molar-refractivity contribution in [2.75, 3.05) is 0 Å². The highest BCUT2D eigenvalue weighted by atomic mass is 32.1. The third kappa shape index (κ3) is 5.30. The van der Waals surface area contributed by atoms with Crippen molar-refractivity contribution >= 4 is 23.3 Å². The Kier molecular flexibility index (Phi) is 4.89. The van der Waals surface area contributed by atoms with Crippen molar-refractivity contribution in [3.05, 3.63) is 16.1 Å². The zero-order valence-corrected chi connectivity index (χ0v) is 10.5. The lowest BCUT2D eigenvalue weighted by molar-refractivity contribution is -0.137. The van der Waals surface area contributed by atoms with E-state index in [0.29, 0.717) is 6.54 Å². The van der Waals surface area contributed by atoms with Gasteiger partial charge in [0, 0.05) is 17.1 Å². The quantitative estimate of drug-likeness (QED) is 0.737. The lowest BCUT2D eigenvalue weighted by atomic mass is 10.2. The van der Waals surface area contributed by atoms with Gasteiger partial charge in [0.25, 0.3) is 0 Å². The van der Waals surface area contributed by atoms with Crippen molar-refractivity contribution in [2.24, 2.45) is 0 Å². The molecule has 0 saturated carbocycles. The smallest absolute Gasteiger partial charge is 0.315 e. The molecule has 0 saturated heterocycles. The highest BCUT2D eigenvalue weighted by Crippen LogP contribution is 2.10. The molecule has 1 unspecified atom stereocenters. The standard InChI is InChI=1S/C10H15N3O3S/c1-6(3-9(14)15)13-10(16)12-5-8-4-11-7(2)17-8/h4,6H,3,5H2,1-2H3,(H,14,15)(H2,12,13,16). The second-order valence-electron chi connectivity index (χ2n) is 3.67. The Morgan fingerprint density at radius 3 is 2.82 bits per heavy atom. The number of thiazole rings is 1. The summed E-state index contributed by atoms with van der Waals surface area (Å²) in [6.07, 6.45) is 1.62. The summed E-state index contributed by atoms with van der Waals surface area (Å²) < 4.78 is 0. The molecule has 1 rings (SSSR count). The number of rotatable bonds is 5. The molecule has 0 bridgehead atoms. The van der Waals surface area contributed by atoms with Crippen LogP contribution < -0.4 is 10.6 Å². The second-order valence-corrected chi connectivity index (χ2v) is 4.99. The van der Waals surface area contributed by atoms with Crippen LogP contribution in [0.2, 0.25) is 0 Å². The number of nitrogens with zero attached hydrogens (tertiary/aromatic N) is 1. The number of aliphatic carboxylic acids is 1. The molecule has 1 heterocycles. The molecular weight excluding hydrogens is 242 g/mol. The van der Waals surface area contributed by atoms with Crippen molar-refractivity contribution in [1.29, 1.82) is 0 Å². The number of urea groups is 1. The van der Waals surface area contributed by atoms with Crippen LogP contribution in [0.5, 0.6) is 0 Å². The molecule has 1 aromatic heterocycles. The van der Waals surface area contributed by atoms with E-state index in [1.165, 1.54) is 11.3 Å². The van der Waals surface area contributed by atoms with Crippen LogP contribution in [0.1, 0.15) is 23.2 Å². The molecule has 1 aromatic rings. The summed E-state index contributed by atoms with van der Waals surface area (Å²) in [5.74, 6) is -0.934. The van der Waals surface area contributed by atoms with E-state index in [1.54, 1.807) is 13.1 Å². The molecule has 6 nitrogen and oxygen atoms in total. The summed E-state index contributed by atoms with van der Waals surface area (Å²) in [6, 6.07) is -0.763. The number of carboxylic acid groups (broad SMARTS) is 1. The van der Waals surface area contributed by atoms with Crippen LogP contribution in [-0.2, 0) is 11.3 Å². The van der Waals surface area contributed by atoms with Gasteiger partial charge in [-0.25, -0.2) is 9.78 Å².